The first kappa shape index (κ1) is 11.2. The van der Waals surface area contributed by atoms with Crippen molar-refractivity contribution in [3.8, 4) is 5.75 Å². The highest BCUT2D eigenvalue weighted by molar-refractivity contribution is 6.00. The van der Waals surface area contributed by atoms with Gasteiger partial charge in [-0.15, -0.1) is 0 Å². The van der Waals surface area contributed by atoms with Gasteiger partial charge in [0, 0.05) is 11.5 Å². The summed E-state index contributed by atoms with van der Waals surface area (Å²) in [7, 11) is 0. The van der Waals surface area contributed by atoms with Crippen molar-refractivity contribution in [2.45, 2.75) is 39.7 Å². The fourth-order valence-electron chi connectivity index (χ4n) is 1.82. The highest BCUT2D eigenvalue weighted by atomic mass is 16.5. The van der Waals surface area contributed by atoms with E-state index in [1.807, 2.05) is 39.0 Å². The van der Waals surface area contributed by atoms with Crippen LogP contribution in [0.1, 0.15) is 42.6 Å². The molecule has 0 heterocycles. The second kappa shape index (κ2) is 4.28. The van der Waals surface area contributed by atoms with Crippen LogP contribution >= 0.6 is 0 Å². The van der Waals surface area contributed by atoms with Crippen molar-refractivity contribution >= 4 is 5.78 Å². The monoisotopic (exact) mass is 218 g/mol. The summed E-state index contributed by atoms with van der Waals surface area (Å²) in [5.41, 5.74) is 1.88. The molecule has 1 aliphatic carbocycles. The number of rotatable bonds is 4. The van der Waals surface area contributed by atoms with Crippen molar-refractivity contribution in [3.63, 3.8) is 0 Å². The molecule has 0 radical (unpaired) electrons. The van der Waals surface area contributed by atoms with E-state index in [4.69, 9.17) is 4.74 Å². The van der Waals surface area contributed by atoms with E-state index in [0.717, 1.165) is 29.7 Å². The molecule has 1 aromatic carbocycles. The molecule has 0 aromatic heterocycles. The molecule has 1 aromatic rings. The van der Waals surface area contributed by atoms with E-state index in [2.05, 4.69) is 0 Å². The Hall–Kier alpha value is -1.31. The van der Waals surface area contributed by atoms with Gasteiger partial charge in [-0.1, -0.05) is 0 Å². The summed E-state index contributed by atoms with van der Waals surface area (Å²) < 4.78 is 5.59. The minimum Gasteiger partial charge on any atom is -0.491 e. The summed E-state index contributed by atoms with van der Waals surface area (Å²) in [5, 5.41) is 0. The molecule has 2 heteroatoms. The van der Waals surface area contributed by atoms with E-state index in [1.165, 1.54) is 0 Å². The summed E-state index contributed by atoms with van der Waals surface area (Å²) in [6.45, 7) is 5.97. The fourth-order valence-corrected chi connectivity index (χ4v) is 1.82. The minimum absolute atomic E-state index is 0.171. The van der Waals surface area contributed by atoms with Crippen molar-refractivity contribution in [2.75, 3.05) is 0 Å². The van der Waals surface area contributed by atoms with Crippen molar-refractivity contribution in [3.05, 3.63) is 29.3 Å². The maximum absolute atomic E-state index is 11.9. The minimum atomic E-state index is 0.171. The van der Waals surface area contributed by atoms with Crippen LogP contribution in [-0.2, 0) is 0 Å². The first-order chi connectivity index (χ1) is 7.58. The molecule has 2 rings (SSSR count). The zero-order valence-electron chi connectivity index (χ0n) is 10.1. The molecule has 16 heavy (non-hydrogen) atoms. The molecule has 0 saturated heterocycles. The Morgan fingerprint density at radius 1 is 1.38 bits per heavy atom. The third-order valence-electron chi connectivity index (χ3n) is 2.78. The molecular weight excluding hydrogens is 200 g/mol. The molecule has 2 nitrogen and oxygen atoms in total. The van der Waals surface area contributed by atoms with E-state index in [1.54, 1.807) is 0 Å². The second-order valence-corrected chi connectivity index (χ2v) is 4.78. The Morgan fingerprint density at radius 3 is 2.56 bits per heavy atom. The zero-order valence-corrected chi connectivity index (χ0v) is 10.1. The average molecular weight is 218 g/mol. The van der Waals surface area contributed by atoms with Crippen LogP contribution in [0, 0.1) is 12.8 Å². The molecular formula is C14H18O2. The fraction of sp³-hybridized carbons (Fsp3) is 0.500. The third kappa shape index (κ3) is 2.43. The van der Waals surface area contributed by atoms with E-state index in [-0.39, 0.29) is 12.0 Å². The Kier molecular flexibility index (Phi) is 2.99. The van der Waals surface area contributed by atoms with Gasteiger partial charge in [-0.25, -0.2) is 0 Å². The van der Waals surface area contributed by atoms with Crippen molar-refractivity contribution < 1.29 is 9.53 Å². The van der Waals surface area contributed by atoms with Crippen LogP contribution in [0.25, 0.3) is 0 Å². The molecule has 0 aliphatic heterocycles. The lowest BCUT2D eigenvalue weighted by atomic mass is 10.0. The van der Waals surface area contributed by atoms with Crippen LogP contribution in [0.4, 0.5) is 0 Å². The summed E-state index contributed by atoms with van der Waals surface area (Å²) in [6, 6.07) is 5.74. The standard InChI is InChI=1S/C14H18O2/c1-9(2)16-12-6-7-13(10(3)8-12)14(15)11-4-5-11/h6-9,11H,4-5H2,1-3H3. The van der Waals surface area contributed by atoms with Crippen molar-refractivity contribution in [1.82, 2.24) is 0 Å². The van der Waals surface area contributed by atoms with Crippen LogP contribution in [0.2, 0.25) is 0 Å². The van der Waals surface area contributed by atoms with Crippen LogP contribution in [0.5, 0.6) is 5.75 Å². The van der Waals surface area contributed by atoms with E-state index in [0.29, 0.717) is 5.78 Å². The van der Waals surface area contributed by atoms with Gasteiger partial charge in [-0.05, 0) is 57.4 Å². The van der Waals surface area contributed by atoms with Gasteiger partial charge in [0.1, 0.15) is 5.75 Å². The van der Waals surface area contributed by atoms with E-state index >= 15 is 0 Å². The quantitative estimate of drug-likeness (QED) is 0.724. The SMILES string of the molecule is Cc1cc(OC(C)C)ccc1C(=O)C1CC1. The topological polar surface area (TPSA) is 26.3 Å². The Bertz CT molecular complexity index is 403. The summed E-state index contributed by atoms with van der Waals surface area (Å²) in [6.07, 6.45) is 2.29. The van der Waals surface area contributed by atoms with Gasteiger partial charge in [0.15, 0.2) is 5.78 Å². The van der Waals surface area contributed by atoms with Crippen molar-refractivity contribution in [1.29, 1.82) is 0 Å². The van der Waals surface area contributed by atoms with Gasteiger partial charge in [-0.3, -0.25) is 4.79 Å². The first-order valence-corrected chi connectivity index (χ1v) is 5.89. The molecule has 1 aliphatic rings. The first-order valence-electron chi connectivity index (χ1n) is 5.89. The Balaban J connectivity index is 2.18. The number of carbonyl (C=O) groups is 1. The normalized spacial score (nSPS) is 15.2. The average Bonchev–Trinajstić information content (AvgIpc) is 2.99. The van der Waals surface area contributed by atoms with Gasteiger partial charge in [0.25, 0.3) is 0 Å². The molecule has 0 atom stereocenters. The predicted octanol–water partition coefficient (Wildman–Crippen LogP) is 3.37. The van der Waals surface area contributed by atoms with Crippen LogP contribution in [0.15, 0.2) is 18.2 Å². The molecule has 1 fully saturated rings. The Labute approximate surface area is 96.6 Å². The molecule has 0 bridgehead atoms. The number of ketones is 1. The van der Waals surface area contributed by atoms with E-state index < -0.39 is 0 Å². The molecule has 86 valence electrons. The largest absolute Gasteiger partial charge is 0.491 e. The maximum atomic E-state index is 11.9. The maximum Gasteiger partial charge on any atom is 0.166 e. The lowest BCUT2D eigenvalue weighted by molar-refractivity contribution is 0.0967. The van der Waals surface area contributed by atoms with Gasteiger partial charge < -0.3 is 4.74 Å². The number of benzene rings is 1. The van der Waals surface area contributed by atoms with Crippen LogP contribution in [0.3, 0.4) is 0 Å². The lowest BCUT2D eigenvalue weighted by Crippen LogP contribution is -2.07. The smallest absolute Gasteiger partial charge is 0.166 e. The van der Waals surface area contributed by atoms with E-state index in [9.17, 15) is 4.79 Å². The number of hydrogen-bond donors (Lipinski definition) is 0. The number of ether oxygens (including phenoxy) is 1. The number of carbonyl (C=O) groups excluding carboxylic acids is 1. The summed E-state index contributed by atoms with van der Waals surface area (Å²) >= 11 is 0. The van der Waals surface area contributed by atoms with Crippen LogP contribution in [-0.4, -0.2) is 11.9 Å². The molecule has 0 amide bonds. The van der Waals surface area contributed by atoms with Crippen molar-refractivity contribution in [2.24, 2.45) is 5.92 Å². The second-order valence-electron chi connectivity index (χ2n) is 4.78. The summed E-state index contributed by atoms with van der Waals surface area (Å²) in [4.78, 5) is 11.9. The third-order valence-corrected chi connectivity index (χ3v) is 2.78. The predicted molar refractivity (Wildman–Crippen MR) is 64.0 cm³/mol. The number of Topliss-reactive ketones (excluding diaryl/α,β-unsaturated/α-hetero) is 1. The van der Waals surface area contributed by atoms with Gasteiger partial charge >= 0.3 is 0 Å². The molecule has 0 unspecified atom stereocenters. The van der Waals surface area contributed by atoms with Gasteiger partial charge in [0.05, 0.1) is 6.10 Å². The molecule has 1 saturated carbocycles. The van der Waals surface area contributed by atoms with Crippen LogP contribution < -0.4 is 4.74 Å². The highest BCUT2D eigenvalue weighted by Gasteiger charge is 2.31. The highest BCUT2D eigenvalue weighted by Crippen LogP contribution is 2.34. The number of hydrogen-bond acceptors (Lipinski definition) is 2. The van der Waals surface area contributed by atoms with Gasteiger partial charge in [0.2, 0.25) is 0 Å². The zero-order chi connectivity index (χ0) is 11.7. The molecule has 0 spiro atoms. The lowest BCUT2D eigenvalue weighted by Gasteiger charge is -2.11. The summed E-state index contributed by atoms with van der Waals surface area (Å²) in [5.74, 6) is 1.43. The Morgan fingerprint density at radius 2 is 2.06 bits per heavy atom. The number of aryl methyl sites for hydroxylation is 1. The molecule has 0 N–H and O–H groups in total. The van der Waals surface area contributed by atoms with Gasteiger partial charge in [-0.2, -0.15) is 0 Å².